The first kappa shape index (κ1) is 27.8. The van der Waals surface area contributed by atoms with Crippen LogP contribution in [-0.2, 0) is 19.1 Å². The topological polar surface area (TPSA) is 115 Å². The number of anilines is 3. The predicted octanol–water partition coefficient (Wildman–Crippen LogP) is 4.47. The number of morpholine rings is 1. The number of carbonyl (C=O) groups excluding carboxylic acids is 2. The van der Waals surface area contributed by atoms with Gasteiger partial charge in [0.2, 0.25) is 5.91 Å². The first-order valence-electron chi connectivity index (χ1n) is 13.0. The van der Waals surface area contributed by atoms with Crippen molar-refractivity contribution in [3.8, 4) is 5.75 Å². The molecule has 1 amide bonds. The number of halogens is 2. The van der Waals surface area contributed by atoms with Crippen molar-refractivity contribution in [3.05, 3.63) is 59.7 Å². The Labute approximate surface area is 235 Å². The minimum atomic E-state index is -0.526. The number of hydrogen-bond donors (Lipinski definition) is 2. The van der Waals surface area contributed by atoms with Crippen LogP contribution in [0.1, 0.15) is 19.8 Å². The van der Waals surface area contributed by atoms with Gasteiger partial charge in [-0.2, -0.15) is 0 Å². The van der Waals surface area contributed by atoms with Crippen LogP contribution < -0.4 is 15.4 Å². The number of ether oxygens (including phenoxy) is 3. The van der Waals surface area contributed by atoms with Crippen LogP contribution in [0.25, 0.3) is 10.9 Å². The van der Waals surface area contributed by atoms with E-state index >= 15 is 0 Å². The summed E-state index contributed by atoms with van der Waals surface area (Å²) in [6.07, 6.45) is 5.73. The Balaban J connectivity index is 1.39. The minimum Gasteiger partial charge on any atom is -0.488 e. The zero-order valence-electron chi connectivity index (χ0n) is 21.9. The van der Waals surface area contributed by atoms with E-state index in [9.17, 15) is 14.0 Å². The number of rotatable bonds is 8. The molecule has 1 atom stereocenters. The summed E-state index contributed by atoms with van der Waals surface area (Å²) in [5.41, 5.74) is 1.57. The van der Waals surface area contributed by atoms with Crippen molar-refractivity contribution in [1.29, 1.82) is 0 Å². The maximum atomic E-state index is 13.7. The number of amides is 1. The quantitative estimate of drug-likeness (QED) is 0.299. The number of esters is 1. The van der Waals surface area contributed by atoms with Crippen LogP contribution in [-0.4, -0.2) is 71.8 Å². The molecule has 12 heteroatoms. The SMILES string of the molecule is CC1CN(CC=CC(=O)Nc2cc3c(Nc4ccc(F)c(Cl)c4)ncnc3cc2OC2CCOCC2)CC(=O)O1. The summed E-state index contributed by atoms with van der Waals surface area (Å²) >= 11 is 5.95. The Morgan fingerprint density at radius 3 is 2.85 bits per heavy atom. The Bertz CT molecular complexity index is 1430. The van der Waals surface area contributed by atoms with Crippen molar-refractivity contribution in [1.82, 2.24) is 14.9 Å². The van der Waals surface area contributed by atoms with Crippen molar-refractivity contribution >= 4 is 51.6 Å². The van der Waals surface area contributed by atoms with Crippen LogP contribution >= 0.6 is 11.6 Å². The van der Waals surface area contributed by atoms with Crippen molar-refractivity contribution in [2.45, 2.75) is 32.0 Å². The fourth-order valence-corrected chi connectivity index (χ4v) is 4.78. The second-order valence-electron chi connectivity index (χ2n) is 9.66. The molecule has 1 unspecified atom stereocenters. The summed E-state index contributed by atoms with van der Waals surface area (Å²) in [5, 5.41) is 6.64. The first-order valence-corrected chi connectivity index (χ1v) is 13.4. The molecule has 40 heavy (non-hydrogen) atoms. The molecule has 0 saturated carbocycles. The Morgan fingerprint density at radius 1 is 1.25 bits per heavy atom. The molecule has 0 radical (unpaired) electrons. The van der Waals surface area contributed by atoms with Gasteiger partial charge in [0, 0.05) is 49.1 Å². The summed E-state index contributed by atoms with van der Waals surface area (Å²) in [5.74, 6) is -0.245. The molecule has 5 rings (SSSR count). The second-order valence-corrected chi connectivity index (χ2v) is 10.1. The molecule has 2 aromatic carbocycles. The standard InChI is InChI=1S/C28H29ClFN5O5/c1-17-14-35(15-27(37)39-17)8-2-3-26(36)34-24-12-20-23(13-25(24)40-19-6-9-38-10-7-19)31-16-32-28(20)33-18-4-5-22(30)21(29)11-18/h2-5,11-13,16-17,19H,6-10,14-15H2,1H3,(H,34,36)(H,31,32,33). The summed E-state index contributed by atoms with van der Waals surface area (Å²) in [6, 6.07) is 7.78. The summed E-state index contributed by atoms with van der Waals surface area (Å²) in [6.45, 7) is 4.24. The number of fused-ring (bicyclic) bond motifs is 1. The van der Waals surface area contributed by atoms with Gasteiger partial charge in [-0.25, -0.2) is 14.4 Å². The van der Waals surface area contributed by atoms with E-state index in [2.05, 4.69) is 20.6 Å². The molecule has 0 aliphatic carbocycles. The molecule has 3 heterocycles. The highest BCUT2D eigenvalue weighted by Crippen LogP contribution is 2.35. The van der Waals surface area contributed by atoms with Gasteiger partial charge in [0.05, 0.1) is 36.0 Å². The third-order valence-electron chi connectivity index (χ3n) is 6.47. The van der Waals surface area contributed by atoms with Gasteiger partial charge < -0.3 is 24.8 Å². The van der Waals surface area contributed by atoms with E-state index in [0.717, 1.165) is 12.8 Å². The van der Waals surface area contributed by atoms with Crippen molar-refractivity contribution in [2.75, 3.05) is 43.5 Å². The smallest absolute Gasteiger partial charge is 0.320 e. The van der Waals surface area contributed by atoms with Crippen molar-refractivity contribution < 1.29 is 28.2 Å². The van der Waals surface area contributed by atoms with E-state index in [4.69, 9.17) is 25.8 Å². The van der Waals surface area contributed by atoms with E-state index in [1.807, 2.05) is 11.8 Å². The largest absolute Gasteiger partial charge is 0.488 e. The van der Waals surface area contributed by atoms with Crippen LogP contribution in [0.15, 0.2) is 48.8 Å². The van der Waals surface area contributed by atoms with E-state index in [1.165, 1.54) is 24.5 Å². The number of nitrogens with one attached hydrogen (secondary N) is 2. The maximum absolute atomic E-state index is 13.7. The zero-order chi connectivity index (χ0) is 28.1. The molecule has 2 aliphatic heterocycles. The van der Waals surface area contributed by atoms with Crippen LogP contribution in [0.3, 0.4) is 0 Å². The lowest BCUT2D eigenvalue weighted by molar-refractivity contribution is -0.156. The van der Waals surface area contributed by atoms with E-state index < -0.39 is 5.82 Å². The molecule has 210 valence electrons. The van der Waals surface area contributed by atoms with Gasteiger partial charge >= 0.3 is 5.97 Å². The average molecular weight is 570 g/mol. The molecule has 2 fully saturated rings. The molecule has 10 nitrogen and oxygen atoms in total. The van der Waals surface area contributed by atoms with E-state index in [1.54, 1.807) is 24.3 Å². The molecule has 3 aromatic rings. The Kier molecular flexibility index (Phi) is 8.73. The fraction of sp³-hybridized carbons (Fsp3) is 0.357. The highest BCUT2D eigenvalue weighted by molar-refractivity contribution is 6.31. The third-order valence-corrected chi connectivity index (χ3v) is 6.76. The monoisotopic (exact) mass is 569 g/mol. The van der Waals surface area contributed by atoms with Gasteiger partial charge in [0.25, 0.3) is 0 Å². The van der Waals surface area contributed by atoms with Gasteiger partial charge in [0.15, 0.2) is 0 Å². The lowest BCUT2D eigenvalue weighted by Gasteiger charge is -2.29. The van der Waals surface area contributed by atoms with Gasteiger partial charge in [0.1, 0.15) is 35.9 Å². The lowest BCUT2D eigenvalue weighted by atomic mass is 10.1. The molecule has 0 spiro atoms. The van der Waals surface area contributed by atoms with Gasteiger partial charge in [-0.15, -0.1) is 0 Å². The summed E-state index contributed by atoms with van der Waals surface area (Å²) in [4.78, 5) is 35.3. The number of nitrogens with zero attached hydrogens (tertiary/aromatic N) is 3. The molecular weight excluding hydrogens is 541 g/mol. The zero-order valence-corrected chi connectivity index (χ0v) is 22.6. The lowest BCUT2D eigenvalue weighted by Crippen LogP contribution is -2.44. The third kappa shape index (κ3) is 7.04. The summed E-state index contributed by atoms with van der Waals surface area (Å²) < 4.78 is 30.5. The molecular formula is C28H29ClFN5O5. The number of cyclic esters (lactones) is 1. The highest BCUT2D eigenvalue weighted by atomic mass is 35.5. The minimum absolute atomic E-state index is 0.0221. The van der Waals surface area contributed by atoms with Crippen LogP contribution in [0.4, 0.5) is 21.6 Å². The molecule has 0 bridgehead atoms. The van der Waals surface area contributed by atoms with Gasteiger partial charge in [-0.05, 0) is 31.2 Å². The Morgan fingerprint density at radius 2 is 2.08 bits per heavy atom. The second kappa shape index (κ2) is 12.6. The van der Waals surface area contributed by atoms with Crippen molar-refractivity contribution in [2.24, 2.45) is 0 Å². The molecule has 2 aliphatic rings. The van der Waals surface area contributed by atoms with E-state index in [-0.39, 0.29) is 35.7 Å². The van der Waals surface area contributed by atoms with Gasteiger partial charge in [-0.1, -0.05) is 17.7 Å². The summed E-state index contributed by atoms with van der Waals surface area (Å²) in [7, 11) is 0. The first-order chi connectivity index (χ1) is 19.3. The molecule has 2 N–H and O–H groups in total. The normalized spacial score (nSPS) is 18.6. The molecule has 1 aromatic heterocycles. The Hall–Kier alpha value is -3.80. The maximum Gasteiger partial charge on any atom is 0.320 e. The highest BCUT2D eigenvalue weighted by Gasteiger charge is 2.23. The van der Waals surface area contributed by atoms with Crippen LogP contribution in [0.2, 0.25) is 5.02 Å². The fourth-order valence-electron chi connectivity index (χ4n) is 4.59. The number of benzene rings is 2. The molecule has 2 saturated heterocycles. The number of carbonyl (C=O) groups is 2. The van der Waals surface area contributed by atoms with Gasteiger partial charge in [-0.3, -0.25) is 14.5 Å². The predicted molar refractivity (Wildman–Crippen MR) is 148 cm³/mol. The number of aromatic nitrogens is 2. The number of hydrogen-bond acceptors (Lipinski definition) is 9. The van der Waals surface area contributed by atoms with Crippen molar-refractivity contribution in [3.63, 3.8) is 0 Å². The van der Waals surface area contributed by atoms with Crippen LogP contribution in [0, 0.1) is 5.82 Å². The van der Waals surface area contributed by atoms with E-state index in [0.29, 0.717) is 60.1 Å². The van der Waals surface area contributed by atoms with Crippen LogP contribution in [0.5, 0.6) is 5.75 Å². The average Bonchev–Trinajstić information content (AvgIpc) is 2.91.